The molecule has 23 heavy (non-hydrogen) atoms. The van der Waals surface area contributed by atoms with Gasteiger partial charge in [0.05, 0.1) is 0 Å². The van der Waals surface area contributed by atoms with E-state index in [2.05, 4.69) is 15.3 Å². The molecule has 0 radical (unpaired) electrons. The highest BCUT2D eigenvalue weighted by molar-refractivity contribution is 7.98. The summed E-state index contributed by atoms with van der Waals surface area (Å²) in [5.74, 6) is 1.06. The molecule has 0 spiro atoms. The van der Waals surface area contributed by atoms with Crippen LogP contribution in [0.2, 0.25) is 0 Å². The van der Waals surface area contributed by atoms with Crippen molar-refractivity contribution in [2.45, 2.75) is 5.16 Å². The second-order valence-electron chi connectivity index (χ2n) is 4.82. The normalized spacial score (nSPS) is 10.5. The lowest BCUT2D eigenvalue weighted by molar-refractivity contribution is 0.269. The maximum atomic E-state index is 11.3. The molecule has 3 aromatic rings. The first-order chi connectivity index (χ1) is 11.2. The van der Waals surface area contributed by atoms with Crippen LogP contribution in [0.15, 0.2) is 53.8 Å². The molecule has 0 aliphatic carbocycles. The van der Waals surface area contributed by atoms with E-state index in [9.17, 15) is 4.79 Å². The van der Waals surface area contributed by atoms with Crippen LogP contribution in [-0.2, 0) is 0 Å². The fourth-order valence-corrected chi connectivity index (χ4v) is 2.60. The highest BCUT2D eigenvalue weighted by atomic mass is 32.2. The molecule has 5 nitrogen and oxygen atoms in total. The number of hydrogen-bond donors (Lipinski definition) is 1. The predicted octanol–water partition coefficient (Wildman–Crippen LogP) is 3.31. The van der Waals surface area contributed by atoms with E-state index in [0.717, 1.165) is 16.5 Å². The number of amides is 1. The first-order valence-electron chi connectivity index (χ1n) is 7.01. The number of ether oxygens (including phenoxy) is 1. The summed E-state index contributed by atoms with van der Waals surface area (Å²) >= 11 is 1.46. The fourth-order valence-electron chi connectivity index (χ4n) is 2.25. The van der Waals surface area contributed by atoms with Crippen molar-refractivity contribution in [2.75, 3.05) is 11.6 Å². The zero-order valence-corrected chi connectivity index (χ0v) is 13.6. The number of thioether (sulfide) groups is 1. The maximum Gasteiger partial charge on any atom is 0.223 e. The molecule has 0 aliphatic heterocycles. The summed E-state index contributed by atoms with van der Waals surface area (Å²) in [6.45, 7) is 0. The van der Waals surface area contributed by atoms with Crippen molar-refractivity contribution in [3.63, 3.8) is 0 Å². The zero-order valence-electron chi connectivity index (χ0n) is 12.7. The molecule has 0 fully saturated rings. The first kappa shape index (κ1) is 15.4. The number of anilines is 1. The number of fused-ring (bicyclic) bond motifs is 1. The van der Waals surface area contributed by atoms with E-state index in [-0.39, 0.29) is 5.81 Å². The molecular weight excluding hydrogens is 309 g/mol. The molecule has 2 aromatic carbocycles. The van der Waals surface area contributed by atoms with Crippen LogP contribution in [0, 0.1) is 0 Å². The van der Waals surface area contributed by atoms with Gasteiger partial charge in [-0.1, -0.05) is 36.0 Å². The molecule has 0 saturated heterocycles. The van der Waals surface area contributed by atoms with Crippen LogP contribution in [0.4, 0.5) is 10.5 Å². The first-order valence-corrected chi connectivity index (χ1v) is 8.24. The van der Waals surface area contributed by atoms with E-state index in [1.807, 2.05) is 42.7 Å². The highest BCUT2D eigenvalue weighted by Gasteiger charge is 2.09. The number of hydrogen-bond acceptors (Lipinski definition) is 5. The molecule has 0 saturated carbocycles. The Morgan fingerprint density at radius 1 is 1.17 bits per heavy atom. The van der Waals surface area contributed by atoms with Gasteiger partial charge in [0.25, 0.3) is 0 Å². The van der Waals surface area contributed by atoms with Gasteiger partial charge >= 0.3 is 0 Å². The SMILES string of the molecule is BC(=O)Nc1ccc(Oc2ccnc(SC)n2)c2ccccc12. The molecule has 1 N–H and O–H groups in total. The van der Waals surface area contributed by atoms with E-state index in [4.69, 9.17) is 4.74 Å². The summed E-state index contributed by atoms with van der Waals surface area (Å²) in [4.78, 5) is 19.8. The van der Waals surface area contributed by atoms with Gasteiger partial charge in [-0.3, -0.25) is 4.79 Å². The third-order valence-electron chi connectivity index (χ3n) is 3.20. The zero-order chi connectivity index (χ0) is 16.2. The Kier molecular flexibility index (Phi) is 4.48. The van der Waals surface area contributed by atoms with Crippen molar-refractivity contribution in [1.29, 1.82) is 0 Å². The van der Waals surface area contributed by atoms with E-state index < -0.39 is 0 Å². The molecular formula is C16H14BN3O2S. The smallest absolute Gasteiger partial charge is 0.223 e. The van der Waals surface area contributed by atoms with Crippen LogP contribution < -0.4 is 10.1 Å². The molecule has 0 unspecified atom stereocenters. The summed E-state index contributed by atoms with van der Waals surface area (Å²) in [5.41, 5.74) is 0.757. The minimum atomic E-state index is -0.107. The summed E-state index contributed by atoms with van der Waals surface area (Å²) in [6, 6.07) is 13.1. The van der Waals surface area contributed by atoms with Gasteiger partial charge in [-0.25, -0.2) is 4.98 Å². The summed E-state index contributed by atoms with van der Waals surface area (Å²) in [6.07, 6.45) is 3.58. The number of rotatable bonds is 4. The monoisotopic (exact) mass is 323 g/mol. The minimum Gasteiger partial charge on any atom is -0.438 e. The van der Waals surface area contributed by atoms with Crippen molar-refractivity contribution in [3.8, 4) is 11.6 Å². The van der Waals surface area contributed by atoms with Crippen LogP contribution in [0.1, 0.15) is 0 Å². The van der Waals surface area contributed by atoms with Gasteiger partial charge in [-0.2, -0.15) is 4.98 Å². The van der Waals surface area contributed by atoms with Crippen LogP contribution in [0.3, 0.4) is 0 Å². The quantitative estimate of drug-likeness (QED) is 0.453. The Hall–Kier alpha value is -2.54. The molecule has 0 bridgehead atoms. The number of benzene rings is 2. The van der Waals surface area contributed by atoms with Gasteiger partial charge < -0.3 is 10.1 Å². The van der Waals surface area contributed by atoms with Gasteiger partial charge in [-0.15, -0.1) is 0 Å². The number of aromatic nitrogens is 2. The molecule has 7 heteroatoms. The second-order valence-corrected chi connectivity index (χ2v) is 5.60. The third kappa shape index (κ3) is 3.45. The molecule has 1 aromatic heterocycles. The van der Waals surface area contributed by atoms with Crippen LogP contribution in [0.5, 0.6) is 11.6 Å². The van der Waals surface area contributed by atoms with Gasteiger partial charge in [0, 0.05) is 28.7 Å². The van der Waals surface area contributed by atoms with Crippen LogP contribution in [-0.4, -0.2) is 29.9 Å². The topological polar surface area (TPSA) is 64.1 Å². The number of carbonyl (C=O) groups excluding carboxylic acids is 1. The summed E-state index contributed by atoms with van der Waals surface area (Å²) in [5, 5.41) is 5.31. The van der Waals surface area contributed by atoms with Crippen molar-refractivity contribution in [2.24, 2.45) is 0 Å². The van der Waals surface area contributed by atoms with Gasteiger partial charge in [0.1, 0.15) is 5.75 Å². The Morgan fingerprint density at radius 2 is 1.96 bits per heavy atom. The number of carbonyl (C=O) groups is 1. The van der Waals surface area contributed by atoms with Crippen molar-refractivity contribution in [3.05, 3.63) is 48.7 Å². The molecule has 114 valence electrons. The van der Waals surface area contributed by atoms with Crippen molar-refractivity contribution < 1.29 is 9.53 Å². The van der Waals surface area contributed by atoms with E-state index >= 15 is 0 Å². The van der Waals surface area contributed by atoms with E-state index in [1.165, 1.54) is 19.6 Å². The lowest BCUT2D eigenvalue weighted by atomic mass is 10.1. The molecule has 3 rings (SSSR count). The van der Waals surface area contributed by atoms with Crippen molar-refractivity contribution in [1.82, 2.24) is 9.97 Å². The average molecular weight is 323 g/mol. The molecule has 1 heterocycles. The summed E-state index contributed by atoms with van der Waals surface area (Å²) in [7, 11) is 1.49. The molecule has 0 atom stereocenters. The van der Waals surface area contributed by atoms with Crippen LogP contribution in [0.25, 0.3) is 10.8 Å². The van der Waals surface area contributed by atoms with Crippen molar-refractivity contribution >= 4 is 41.9 Å². The Morgan fingerprint density at radius 3 is 2.70 bits per heavy atom. The lowest BCUT2D eigenvalue weighted by Crippen LogP contribution is -2.08. The lowest BCUT2D eigenvalue weighted by Gasteiger charge is -2.12. The average Bonchev–Trinajstić information content (AvgIpc) is 2.57. The molecule has 0 aliphatic rings. The number of nitrogens with one attached hydrogen (secondary N) is 1. The van der Waals surface area contributed by atoms with E-state index in [0.29, 0.717) is 16.8 Å². The van der Waals surface area contributed by atoms with Crippen LogP contribution >= 0.6 is 11.8 Å². The maximum absolute atomic E-state index is 11.3. The standard InChI is InChI=1S/C16H14BN3O2S/c1-23-16-18-9-8-14(20-16)22-13-7-6-12(19-15(17)21)10-4-2-3-5-11(10)13/h2-9H,17H2,1H3,(H,19,21). The van der Waals surface area contributed by atoms with Gasteiger partial charge in [-0.05, 0) is 18.4 Å². The fraction of sp³-hybridized carbons (Fsp3) is 0.0625. The summed E-state index contributed by atoms with van der Waals surface area (Å²) < 4.78 is 5.92. The number of nitrogens with zero attached hydrogens (tertiary/aromatic N) is 2. The highest BCUT2D eigenvalue weighted by Crippen LogP contribution is 2.34. The van der Waals surface area contributed by atoms with Gasteiger partial charge in [0.15, 0.2) is 11.0 Å². The Balaban J connectivity index is 2.03. The van der Waals surface area contributed by atoms with E-state index in [1.54, 1.807) is 12.3 Å². The predicted molar refractivity (Wildman–Crippen MR) is 95.4 cm³/mol. The minimum absolute atomic E-state index is 0.107. The largest absolute Gasteiger partial charge is 0.438 e. The van der Waals surface area contributed by atoms with Gasteiger partial charge in [0.2, 0.25) is 13.7 Å². The Bertz CT molecular complexity index is 873. The third-order valence-corrected chi connectivity index (χ3v) is 3.76. The molecule has 1 amide bonds. The second kappa shape index (κ2) is 6.70. The Labute approximate surface area is 138 Å².